The standard InChI is InChI=1S/C27H25NO6/c1-32-20-9-6-17(7-10-20)12-13-28-24(22-5-3-15-34-22)23(26(30)27(28)31)25(29)19-8-11-21-18(16-19)4-2-14-33-21/h3,5-11,15-16,24,29H,2,4,12-14H2,1H3/b25-23-. The Balaban J connectivity index is 1.50. The number of hydrogen-bond acceptors (Lipinski definition) is 6. The van der Waals surface area contributed by atoms with E-state index in [0.717, 1.165) is 35.5 Å². The van der Waals surface area contributed by atoms with Crippen LogP contribution in [-0.4, -0.2) is 42.0 Å². The molecule has 2 aliphatic heterocycles. The number of aliphatic hydroxyl groups is 1. The summed E-state index contributed by atoms with van der Waals surface area (Å²) in [6, 6.07) is 15.5. The smallest absolute Gasteiger partial charge is 0.295 e. The average molecular weight is 459 g/mol. The van der Waals surface area contributed by atoms with E-state index in [1.165, 1.54) is 11.2 Å². The molecule has 1 aromatic heterocycles. The van der Waals surface area contributed by atoms with Gasteiger partial charge in [0.15, 0.2) is 0 Å². The molecule has 0 spiro atoms. The van der Waals surface area contributed by atoms with Gasteiger partial charge in [0.1, 0.15) is 29.1 Å². The lowest BCUT2D eigenvalue weighted by molar-refractivity contribution is -0.140. The first-order chi connectivity index (χ1) is 16.6. The topological polar surface area (TPSA) is 89.2 Å². The van der Waals surface area contributed by atoms with Crippen molar-refractivity contribution in [1.82, 2.24) is 4.90 Å². The lowest BCUT2D eigenvalue weighted by Crippen LogP contribution is -2.31. The predicted octanol–water partition coefficient (Wildman–Crippen LogP) is 4.28. The molecule has 3 heterocycles. The van der Waals surface area contributed by atoms with Crippen molar-refractivity contribution in [3.63, 3.8) is 0 Å². The third kappa shape index (κ3) is 3.94. The molecule has 0 bridgehead atoms. The van der Waals surface area contributed by atoms with Crippen molar-refractivity contribution in [1.29, 1.82) is 0 Å². The van der Waals surface area contributed by atoms with E-state index >= 15 is 0 Å². The Morgan fingerprint density at radius 1 is 1.15 bits per heavy atom. The number of aliphatic hydroxyl groups excluding tert-OH is 1. The molecule has 7 heteroatoms. The third-order valence-corrected chi connectivity index (χ3v) is 6.34. The van der Waals surface area contributed by atoms with E-state index in [2.05, 4.69) is 0 Å². The number of likely N-dealkylation sites (tertiary alicyclic amines) is 1. The van der Waals surface area contributed by atoms with Gasteiger partial charge in [0.05, 0.1) is 25.6 Å². The van der Waals surface area contributed by atoms with Crippen LogP contribution < -0.4 is 9.47 Å². The maximum Gasteiger partial charge on any atom is 0.295 e. The van der Waals surface area contributed by atoms with Gasteiger partial charge in [-0.2, -0.15) is 0 Å². The Bertz CT molecular complexity index is 1240. The molecule has 2 aliphatic rings. The Morgan fingerprint density at radius 2 is 1.97 bits per heavy atom. The maximum absolute atomic E-state index is 13.1. The monoisotopic (exact) mass is 459 g/mol. The number of benzene rings is 2. The van der Waals surface area contributed by atoms with Crippen molar-refractivity contribution in [3.05, 3.63) is 88.9 Å². The van der Waals surface area contributed by atoms with Crippen LogP contribution in [0, 0.1) is 0 Å². The molecule has 34 heavy (non-hydrogen) atoms. The summed E-state index contributed by atoms with van der Waals surface area (Å²) in [6.07, 6.45) is 3.74. The first-order valence-electron chi connectivity index (χ1n) is 11.3. The number of ketones is 1. The number of aryl methyl sites for hydroxylation is 1. The van der Waals surface area contributed by atoms with Crippen LogP contribution in [0.5, 0.6) is 11.5 Å². The van der Waals surface area contributed by atoms with Crippen LogP contribution in [0.4, 0.5) is 0 Å². The second-order valence-electron chi connectivity index (χ2n) is 8.38. The number of amides is 1. The zero-order valence-corrected chi connectivity index (χ0v) is 18.8. The van der Waals surface area contributed by atoms with E-state index in [4.69, 9.17) is 13.9 Å². The van der Waals surface area contributed by atoms with Crippen LogP contribution in [0.15, 0.2) is 70.9 Å². The fourth-order valence-corrected chi connectivity index (χ4v) is 4.56. The molecule has 2 aromatic carbocycles. The molecule has 174 valence electrons. The fourth-order valence-electron chi connectivity index (χ4n) is 4.56. The highest BCUT2D eigenvalue weighted by atomic mass is 16.5. The van der Waals surface area contributed by atoms with Gasteiger partial charge in [-0.1, -0.05) is 12.1 Å². The summed E-state index contributed by atoms with van der Waals surface area (Å²) in [4.78, 5) is 27.7. The Kier molecular flexibility index (Phi) is 5.84. The maximum atomic E-state index is 13.1. The van der Waals surface area contributed by atoms with E-state index in [-0.39, 0.29) is 17.9 Å². The second kappa shape index (κ2) is 9.09. The molecule has 1 atom stereocenters. The number of Topliss-reactive ketones (excluding diaryl/α,β-unsaturated/α-hetero) is 1. The third-order valence-electron chi connectivity index (χ3n) is 6.34. The quantitative estimate of drug-likeness (QED) is 0.336. The minimum Gasteiger partial charge on any atom is -0.507 e. The number of hydrogen-bond donors (Lipinski definition) is 1. The van der Waals surface area contributed by atoms with E-state index < -0.39 is 17.7 Å². The molecule has 1 amide bonds. The van der Waals surface area contributed by atoms with Gasteiger partial charge in [0, 0.05) is 12.1 Å². The van der Waals surface area contributed by atoms with Crippen LogP contribution in [0.1, 0.15) is 34.9 Å². The zero-order chi connectivity index (χ0) is 23.7. The van der Waals surface area contributed by atoms with E-state index in [1.54, 1.807) is 31.4 Å². The number of methoxy groups -OCH3 is 1. The number of carbonyl (C=O) groups excluding carboxylic acids is 2. The number of carbonyl (C=O) groups is 2. The normalized spacial score (nSPS) is 19.1. The van der Waals surface area contributed by atoms with E-state index in [9.17, 15) is 14.7 Å². The molecule has 1 saturated heterocycles. The van der Waals surface area contributed by atoms with Crippen molar-refractivity contribution in [2.24, 2.45) is 0 Å². The number of furan rings is 1. The molecule has 0 radical (unpaired) electrons. The number of fused-ring (bicyclic) bond motifs is 1. The van der Waals surface area contributed by atoms with Gasteiger partial charge in [0.2, 0.25) is 0 Å². The molecule has 3 aromatic rings. The number of ether oxygens (including phenoxy) is 2. The summed E-state index contributed by atoms with van der Waals surface area (Å²) in [5.41, 5.74) is 2.48. The summed E-state index contributed by atoms with van der Waals surface area (Å²) in [5, 5.41) is 11.2. The molecule has 0 saturated carbocycles. The molecule has 7 nitrogen and oxygen atoms in total. The Morgan fingerprint density at radius 3 is 2.71 bits per heavy atom. The predicted molar refractivity (Wildman–Crippen MR) is 125 cm³/mol. The van der Waals surface area contributed by atoms with Crippen LogP contribution in [0.2, 0.25) is 0 Å². The van der Waals surface area contributed by atoms with Gasteiger partial charge < -0.3 is 23.9 Å². The molecule has 1 unspecified atom stereocenters. The highest BCUT2D eigenvalue weighted by molar-refractivity contribution is 6.46. The van der Waals surface area contributed by atoms with Crippen LogP contribution in [0.25, 0.3) is 5.76 Å². The van der Waals surface area contributed by atoms with Gasteiger partial charge in [-0.05, 0) is 72.9 Å². The molecular weight excluding hydrogens is 434 g/mol. The van der Waals surface area contributed by atoms with Gasteiger partial charge in [-0.25, -0.2) is 0 Å². The summed E-state index contributed by atoms with van der Waals surface area (Å²) < 4.78 is 16.5. The Hall–Kier alpha value is -4.00. The van der Waals surface area contributed by atoms with Crippen molar-refractivity contribution in [2.75, 3.05) is 20.3 Å². The molecule has 5 rings (SSSR count). The Labute approximate surface area is 197 Å². The summed E-state index contributed by atoms with van der Waals surface area (Å²) in [5.74, 6) is 0.373. The summed E-state index contributed by atoms with van der Waals surface area (Å²) >= 11 is 0. The summed E-state index contributed by atoms with van der Waals surface area (Å²) in [6.45, 7) is 0.952. The number of rotatable bonds is 6. The van der Waals surface area contributed by atoms with Gasteiger partial charge in [0.25, 0.3) is 11.7 Å². The number of nitrogens with zero attached hydrogens (tertiary/aromatic N) is 1. The molecular formula is C27H25NO6. The van der Waals surface area contributed by atoms with Crippen LogP contribution in [0.3, 0.4) is 0 Å². The minimum atomic E-state index is -0.805. The first kappa shape index (κ1) is 21.8. The second-order valence-corrected chi connectivity index (χ2v) is 8.38. The van der Waals surface area contributed by atoms with Crippen molar-refractivity contribution in [2.45, 2.75) is 25.3 Å². The highest BCUT2D eigenvalue weighted by Crippen LogP contribution is 2.40. The minimum absolute atomic E-state index is 0.0337. The summed E-state index contributed by atoms with van der Waals surface area (Å²) in [7, 11) is 1.60. The van der Waals surface area contributed by atoms with Gasteiger partial charge in [-0.15, -0.1) is 0 Å². The molecule has 1 fully saturated rings. The zero-order valence-electron chi connectivity index (χ0n) is 18.8. The van der Waals surface area contributed by atoms with Gasteiger partial charge in [-0.3, -0.25) is 9.59 Å². The molecule has 0 aliphatic carbocycles. The first-order valence-corrected chi connectivity index (χ1v) is 11.3. The lowest BCUT2D eigenvalue weighted by Gasteiger charge is -2.23. The van der Waals surface area contributed by atoms with Crippen LogP contribution in [-0.2, 0) is 22.4 Å². The SMILES string of the molecule is COc1ccc(CCN2C(=O)C(=O)/C(=C(\O)c3ccc4c(c3)CCCO4)C2c2ccco2)cc1. The van der Waals surface area contributed by atoms with E-state index in [1.807, 2.05) is 30.3 Å². The lowest BCUT2D eigenvalue weighted by atomic mass is 9.96. The van der Waals surface area contributed by atoms with E-state index in [0.29, 0.717) is 24.4 Å². The molecule has 1 N–H and O–H groups in total. The average Bonchev–Trinajstić information content (AvgIpc) is 3.49. The highest BCUT2D eigenvalue weighted by Gasteiger charge is 2.47. The largest absolute Gasteiger partial charge is 0.507 e. The van der Waals surface area contributed by atoms with Crippen molar-refractivity contribution >= 4 is 17.4 Å². The van der Waals surface area contributed by atoms with Crippen molar-refractivity contribution in [3.8, 4) is 11.5 Å². The van der Waals surface area contributed by atoms with Gasteiger partial charge >= 0.3 is 0 Å². The fraction of sp³-hybridized carbons (Fsp3) is 0.259. The van der Waals surface area contributed by atoms with Crippen LogP contribution >= 0.6 is 0 Å². The van der Waals surface area contributed by atoms with Crippen molar-refractivity contribution < 1.29 is 28.6 Å².